The molecule has 0 spiro atoms. The average molecular weight is 338 g/mol. The summed E-state index contributed by atoms with van der Waals surface area (Å²) in [6, 6.07) is 10.7. The Kier molecular flexibility index (Phi) is 6.43. The molecule has 7 nitrogen and oxygen atoms in total. The first-order valence-corrected chi connectivity index (χ1v) is 8.04. The fraction of sp³-hybridized carbons (Fsp3) is 0.333. The summed E-state index contributed by atoms with van der Waals surface area (Å²) in [6.45, 7) is 3.31. The highest BCUT2D eigenvalue weighted by Crippen LogP contribution is 2.15. The van der Waals surface area contributed by atoms with E-state index in [-0.39, 0.29) is 5.91 Å². The predicted molar refractivity (Wildman–Crippen MR) is 96.7 cm³/mol. The molecular formula is C18H22N6O. The van der Waals surface area contributed by atoms with E-state index in [1.165, 1.54) is 0 Å². The molecule has 1 aromatic carbocycles. The summed E-state index contributed by atoms with van der Waals surface area (Å²) in [4.78, 5) is 22.9. The number of nitrogens with zero attached hydrogens (tertiary/aromatic N) is 4. The lowest BCUT2D eigenvalue weighted by atomic mass is 10.2. The van der Waals surface area contributed by atoms with Crippen molar-refractivity contribution in [2.75, 3.05) is 32.5 Å². The van der Waals surface area contributed by atoms with E-state index in [2.05, 4.69) is 31.6 Å². The third-order valence-corrected chi connectivity index (χ3v) is 3.40. The molecule has 0 saturated heterocycles. The van der Waals surface area contributed by atoms with Crippen LogP contribution < -0.4 is 10.6 Å². The first-order chi connectivity index (χ1) is 12.0. The van der Waals surface area contributed by atoms with Crippen LogP contribution in [0.3, 0.4) is 0 Å². The van der Waals surface area contributed by atoms with E-state index in [9.17, 15) is 4.79 Å². The molecule has 0 unspecified atom stereocenters. The van der Waals surface area contributed by atoms with Crippen LogP contribution in [0.5, 0.6) is 0 Å². The average Bonchev–Trinajstić information content (AvgIpc) is 2.58. The van der Waals surface area contributed by atoms with E-state index in [1.54, 1.807) is 31.2 Å². The van der Waals surface area contributed by atoms with Crippen molar-refractivity contribution >= 4 is 17.5 Å². The van der Waals surface area contributed by atoms with Crippen molar-refractivity contribution in [3.05, 3.63) is 47.3 Å². The Bertz CT molecular complexity index is 781. The summed E-state index contributed by atoms with van der Waals surface area (Å²) in [6.07, 6.45) is 0.870. The number of amides is 1. The summed E-state index contributed by atoms with van der Waals surface area (Å²) < 4.78 is 0. The van der Waals surface area contributed by atoms with Gasteiger partial charge in [0.1, 0.15) is 5.69 Å². The van der Waals surface area contributed by atoms with Crippen molar-refractivity contribution in [1.29, 1.82) is 5.26 Å². The number of anilines is 2. The Balaban J connectivity index is 2.06. The maximum absolute atomic E-state index is 12.3. The zero-order valence-electron chi connectivity index (χ0n) is 14.7. The molecule has 130 valence electrons. The first kappa shape index (κ1) is 18.4. The number of hydrogen-bond donors (Lipinski definition) is 2. The molecule has 0 atom stereocenters. The fourth-order valence-corrected chi connectivity index (χ4v) is 2.22. The van der Waals surface area contributed by atoms with Crippen LogP contribution in [0, 0.1) is 18.3 Å². The van der Waals surface area contributed by atoms with Gasteiger partial charge in [-0.25, -0.2) is 9.97 Å². The first-order valence-electron chi connectivity index (χ1n) is 8.04. The van der Waals surface area contributed by atoms with Crippen molar-refractivity contribution < 1.29 is 4.79 Å². The van der Waals surface area contributed by atoms with Gasteiger partial charge in [-0.3, -0.25) is 4.79 Å². The van der Waals surface area contributed by atoms with Crippen molar-refractivity contribution in [3.8, 4) is 6.07 Å². The molecule has 2 rings (SSSR count). The molecule has 1 amide bonds. The highest BCUT2D eigenvalue weighted by Gasteiger charge is 2.10. The Morgan fingerprint density at radius 1 is 1.28 bits per heavy atom. The smallest absolute Gasteiger partial charge is 0.270 e. The predicted octanol–water partition coefficient (Wildman–Crippen LogP) is 2.08. The fourth-order valence-electron chi connectivity index (χ4n) is 2.22. The molecule has 1 heterocycles. The number of aryl methyl sites for hydroxylation is 1. The highest BCUT2D eigenvalue weighted by atomic mass is 16.1. The number of rotatable bonds is 7. The number of aromatic nitrogens is 2. The minimum absolute atomic E-state index is 0.224. The summed E-state index contributed by atoms with van der Waals surface area (Å²) >= 11 is 0. The second-order valence-corrected chi connectivity index (χ2v) is 5.95. The van der Waals surface area contributed by atoms with Crippen LogP contribution in [0.4, 0.5) is 11.6 Å². The normalized spacial score (nSPS) is 10.4. The van der Waals surface area contributed by atoms with Crippen molar-refractivity contribution in [3.63, 3.8) is 0 Å². The second-order valence-electron chi connectivity index (χ2n) is 5.95. The van der Waals surface area contributed by atoms with Crippen LogP contribution in [0.25, 0.3) is 0 Å². The van der Waals surface area contributed by atoms with Crippen LogP contribution in [-0.2, 0) is 0 Å². The lowest BCUT2D eigenvalue weighted by molar-refractivity contribution is 0.0947. The molecule has 0 fully saturated rings. The third-order valence-electron chi connectivity index (χ3n) is 3.40. The van der Waals surface area contributed by atoms with Gasteiger partial charge in [-0.05, 0) is 58.3 Å². The van der Waals surface area contributed by atoms with Gasteiger partial charge in [-0.15, -0.1) is 0 Å². The van der Waals surface area contributed by atoms with E-state index in [4.69, 9.17) is 5.26 Å². The number of carbonyl (C=O) groups excluding carboxylic acids is 1. The molecule has 0 aliphatic carbocycles. The van der Waals surface area contributed by atoms with Crippen LogP contribution in [0.2, 0.25) is 0 Å². The standard InChI is InChI=1S/C18H22N6O/c1-13-10-16(17(25)20-8-5-9-24(2)3)23-18(21-13)22-15-7-4-6-14(11-15)12-19/h4,6-7,10-11H,5,8-9H2,1-3H3,(H,20,25)(H,21,22,23). The highest BCUT2D eigenvalue weighted by molar-refractivity contribution is 5.92. The van der Waals surface area contributed by atoms with E-state index >= 15 is 0 Å². The maximum atomic E-state index is 12.3. The number of benzene rings is 1. The van der Waals surface area contributed by atoms with Gasteiger partial charge in [0.25, 0.3) is 5.91 Å². The molecule has 1 aromatic heterocycles. The van der Waals surface area contributed by atoms with Gasteiger partial charge in [-0.2, -0.15) is 5.26 Å². The van der Waals surface area contributed by atoms with Gasteiger partial charge in [0.15, 0.2) is 0 Å². The molecular weight excluding hydrogens is 316 g/mol. The third kappa shape index (κ3) is 5.86. The Morgan fingerprint density at radius 2 is 2.08 bits per heavy atom. The molecule has 2 aromatic rings. The summed E-state index contributed by atoms with van der Waals surface area (Å²) in [5, 5.41) is 14.9. The van der Waals surface area contributed by atoms with Crippen LogP contribution in [0.15, 0.2) is 30.3 Å². The van der Waals surface area contributed by atoms with Crippen molar-refractivity contribution in [2.45, 2.75) is 13.3 Å². The number of carbonyl (C=O) groups is 1. The topological polar surface area (TPSA) is 93.9 Å². The molecule has 0 bridgehead atoms. The van der Waals surface area contributed by atoms with Gasteiger partial charge >= 0.3 is 0 Å². The van der Waals surface area contributed by atoms with E-state index in [0.29, 0.717) is 35.1 Å². The Labute approximate surface area is 147 Å². The minimum atomic E-state index is -0.224. The zero-order chi connectivity index (χ0) is 18.2. The lowest BCUT2D eigenvalue weighted by Gasteiger charge is -2.11. The maximum Gasteiger partial charge on any atom is 0.270 e. The monoisotopic (exact) mass is 338 g/mol. The van der Waals surface area contributed by atoms with Gasteiger partial charge in [0, 0.05) is 17.9 Å². The van der Waals surface area contributed by atoms with Crippen LogP contribution in [0.1, 0.15) is 28.2 Å². The number of nitriles is 1. The Morgan fingerprint density at radius 3 is 2.80 bits per heavy atom. The van der Waals surface area contributed by atoms with Gasteiger partial charge < -0.3 is 15.5 Å². The molecule has 2 N–H and O–H groups in total. The van der Waals surface area contributed by atoms with Crippen LogP contribution in [-0.4, -0.2) is 48.0 Å². The summed E-state index contributed by atoms with van der Waals surface area (Å²) in [5.41, 5.74) is 2.24. The van der Waals surface area contributed by atoms with Crippen molar-refractivity contribution in [2.24, 2.45) is 0 Å². The number of nitrogens with one attached hydrogen (secondary N) is 2. The zero-order valence-corrected chi connectivity index (χ0v) is 14.7. The molecule has 0 radical (unpaired) electrons. The number of hydrogen-bond acceptors (Lipinski definition) is 6. The van der Waals surface area contributed by atoms with Gasteiger partial charge in [-0.1, -0.05) is 6.07 Å². The SMILES string of the molecule is Cc1cc(C(=O)NCCCN(C)C)nc(Nc2cccc(C#N)c2)n1. The largest absolute Gasteiger partial charge is 0.351 e. The van der Waals surface area contributed by atoms with Gasteiger partial charge in [0.05, 0.1) is 11.6 Å². The molecule has 7 heteroatoms. The van der Waals surface area contributed by atoms with Crippen LogP contribution >= 0.6 is 0 Å². The van der Waals surface area contributed by atoms with E-state index in [1.807, 2.05) is 20.2 Å². The lowest BCUT2D eigenvalue weighted by Crippen LogP contribution is -2.28. The molecule has 0 aliphatic rings. The van der Waals surface area contributed by atoms with E-state index in [0.717, 1.165) is 13.0 Å². The second kappa shape index (κ2) is 8.76. The van der Waals surface area contributed by atoms with Gasteiger partial charge in [0.2, 0.25) is 5.95 Å². The Hall–Kier alpha value is -2.98. The minimum Gasteiger partial charge on any atom is -0.351 e. The molecule has 25 heavy (non-hydrogen) atoms. The summed E-state index contributed by atoms with van der Waals surface area (Å²) in [7, 11) is 3.99. The summed E-state index contributed by atoms with van der Waals surface area (Å²) in [5.74, 6) is 0.103. The molecule has 0 aliphatic heterocycles. The van der Waals surface area contributed by atoms with E-state index < -0.39 is 0 Å². The molecule has 0 saturated carbocycles. The quantitative estimate of drug-likeness (QED) is 0.751. The van der Waals surface area contributed by atoms with Crippen molar-refractivity contribution in [1.82, 2.24) is 20.2 Å².